The first-order valence-electron chi connectivity index (χ1n) is 9.00. The van der Waals surface area contributed by atoms with Gasteiger partial charge < -0.3 is 13.6 Å². The summed E-state index contributed by atoms with van der Waals surface area (Å²) in [5.41, 5.74) is 0.479. The summed E-state index contributed by atoms with van der Waals surface area (Å²) in [5.74, 6) is -0.269. The van der Waals surface area contributed by atoms with Crippen LogP contribution in [0.3, 0.4) is 0 Å². The molecular formula is C18H36O4Si. The van der Waals surface area contributed by atoms with Crippen molar-refractivity contribution >= 4 is 15.3 Å². The van der Waals surface area contributed by atoms with Crippen molar-refractivity contribution < 1.29 is 18.4 Å². The van der Waals surface area contributed by atoms with Crippen LogP contribution >= 0.6 is 0 Å². The van der Waals surface area contributed by atoms with Crippen molar-refractivity contribution in [3.05, 3.63) is 12.2 Å². The minimum absolute atomic E-state index is 0.269. The second-order valence-corrected chi connectivity index (χ2v) is 8.52. The van der Waals surface area contributed by atoms with Crippen molar-refractivity contribution in [2.75, 3.05) is 20.8 Å². The first-order valence-corrected chi connectivity index (χ1v) is 10.8. The second-order valence-electron chi connectivity index (χ2n) is 6.14. The molecule has 0 aliphatic rings. The van der Waals surface area contributed by atoms with Gasteiger partial charge in [-0.3, -0.25) is 0 Å². The predicted octanol–water partition coefficient (Wildman–Crippen LogP) is 4.52. The fourth-order valence-corrected chi connectivity index (χ4v) is 3.73. The monoisotopic (exact) mass is 344 g/mol. The Hall–Kier alpha value is -0.653. The van der Waals surface area contributed by atoms with Crippen molar-refractivity contribution in [2.24, 2.45) is 0 Å². The van der Waals surface area contributed by atoms with Gasteiger partial charge in [0, 0.05) is 19.8 Å². The van der Waals surface area contributed by atoms with Crippen molar-refractivity contribution in [1.29, 1.82) is 0 Å². The zero-order valence-electron chi connectivity index (χ0n) is 15.4. The summed E-state index contributed by atoms with van der Waals surface area (Å²) >= 11 is 0. The van der Waals surface area contributed by atoms with E-state index >= 15 is 0 Å². The van der Waals surface area contributed by atoms with Gasteiger partial charge in [-0.2, -0.15) is 0 Å². The van der Waals surface area contributed by atoms with Crippen LogP contribution in [0, 0.1) is 0 Å². The van der Waals surface area contributed by atoms with Crippen LogP contribution in [0.1, 0.15) is 71.1 Å². The molecule has 0 radical (unpaired) electrons. The molecule has 0 rings (SSSR count). The molecular weight excluding hydrogens is 308 g/mol. The molecule has 0 amide bonds. The van der Waals surface area contributed by atoms with E-state index in [9.17, 15) is 4.79 Å². The lowest BCUT2D eigenvalue weighted by atomic mass is 10.1. The Balaban J connectivity index is 3.16. The maximum absolute atomic E-state index is 11.2. The molecule has 23 heavy (non-hydrogen) atoms. The van der Waals surface area contributed by atoms with E-state index in [1.165, 1.54) is 51.4 Å². The molecule has 0 aromatic heterocycles. The maximum atomic E-state index is 11.2. The summed E-state index contributed by atoms with van der Waals surface area (Å²) in [6.45, 7) is 5.77. The Morgan fingerprint density at radius 2 is 1.26 bits per heavy atom. The lowest BCUT2D eigenvalue weighted by Gasteiger charge is -2.10. The van der Waals surface area contributed by atoms with Crippen LogP contribution in [0.2, 0.25) is 6.04 Å². The summed E-state index contributed by atoms with van der Waals surface area (Å²) in [6.07, 6.45) is 12.5. The molecule has 0 N–H and O–H groups in total. The number of carbonyl (C=O) groups is 1. The van der Waals surface area contributed by atoms with Gasteiger partial charge in [-0.05, 0) is 19.4 Å². The van der Waals surface area contributed by atoms with E-state index in [4.69, 9.17) is 13.6 Å². The van der Waals surface area contributed by atoms with Crippen LogP contribution < -0.4 is 0 Å². The van der Waals surface area contributed by atoms with Gasteiger partial charge >= 0.3 is 15.3 Å². The number of hydrogen-bond donors (Lipinski definition) is 0. The fourth-order valence-electron chi connectivity index (χ4n) is 2.45. The Bertz CT molecular complexity index is 303. The van der Waals surface area contributed by atoms with E-state index in [-0.39, 0.29) is 5.97 Å². The van der Waals surface area contributed by atoms with Crippen LogP contribution in [0.25, 0.3) is 0 Å². The molecule has 0 bridgehead atoms. The standard InChI is InChI=1S/C18H36O4Si/c1-17(2)18(19)22-15-13-11-9-7-5-6-8-10-12-14-16-23(20-3)21-4/h23H,1,5-16H2,2-4H3. The van der Waals surface area contributed by atoms with Crippen LogP contribution in [0.5, 0.6) is 0 Å². The summed E-state index contributed by atoms with van der Waals surface area (Å²) in [7, 11) is 2.18. The molecule has 0 aliphatic heterocycles. The van der Waals surface area contributed by atoms with E-state index in [1.54, 1.807) is 21.1 Å². The second kappa shape index (κ2) is 16.2. The molecule has 0 fully saturated rings. The number of unbranched alkanes of at least 4 members (excludes halogenated alkanes) is 9. The highest BCUT2D eigenvalue weighted by Crippen LogP contribution is 2.12. The number of esters is 1. The van der Waals surface area contributed by atoms with E-state index in [0.29, 0.717) is 12.2 Å². The van der Waals surface area contributed by atoms with Gasteiger partial charge in [-0.1, -0.05) is 64.4 Å². The SMILES string of the molecule is C=C(C)C(=O)OCCCCCCCCCCCC[SiH](OC)OC. The third-order valence-electron chi connectivity index (χ3n) is 3.94. The number of hydrogen-bond acceptors (Lipinski definition) is 4. The zero-order chi connectivity index (χ0) is 17.3. The third kappa shape index (κ3) is 14.7. The first-order chi connectivity index (χ1) is 11.1. The Morgan fingerprint density at radius 3 is 1.70 bits per heavy atom. The third-order valence-corrected chi connectivity index (χ3v) is 5.87. The highest BCUT2D eigenvalue weighted by molar-refractivity contribution is 6.44. The molecule has 0 saturated carbocycles. The van der Waals surface area contributed by atoms with Crippen molar-refractivity contribution in [2.45, 2.75) is 77.2 Å². The quantitative estimate of drug-likeness (QED) is 0.179. The van der Waals surface area contributed by atoms with Crippen LogP contribution in [0.4, 0.5) is 0 Å². The van der Waals surface area contributed by atoms with E-state index in [1.807, 2.05) is 0 Å². The number of carbonyl (C=O) groups excluding carboxylic acids is 1. The van der Waals surface area contributed by atoms with Gasteiger partial charge in [0.2, 0.25) is 0 Å². The van der Waals surface area contributed by atoms with Gasteiger partial charge in [0.25, 0.3) is 0 Å². The van der Waals surface area contributed by atoms with Gasteiger partial charge in [0.05, 0.1) is 6.61 Å². The van der Waals surface area contributed by atoms with Crippen LogP contribution in [-0.2, 0) is 18.4 Å². The largest absolute Gasteiger partial charge is 0.462 e. The average molecular weight is 345 g/mol. The molecule has 0 atom stereocenters. The molecule has 0 aromatic rings. The molecule has 0 aromatic carbocycles. The highest BCUT2D eigenvalue weighted by Gasteiger charge is 2.07. The minimum atomic E-state index is -1.32. The van der Waals surface area contributed by atoms with Crippen LogP contribution in [-0.4, -0.2) is 36.1 Å². The number of ether oxygens (including phenoxy) is 1. The zero-order valence-corrected chi connectivity index (χ0v) is 16.6. The first kappa shape index (κ1) is 22.3. The van der Waals surface area contributed by atoms with E-state index in [2.05, 4.69) is 6.58 Å². The van der Waals surface area contributed by atoms with Gasteiger partial charge in [0.15, 0.2) is 0 Å². The summed E-state index contributed by atoms with van der Waals surface area (Å²) in [6, 6.07) is 1.13. The lowest BCUT2D eigenvalue weighted by Crippen LogP contribution is -2.18. The predicted molar refractivity (Wildman–Crippen MR) is 97.9 cm³/mol. The summed E-state index contributed by atoms with van der Waals surface area (Å²) in [5, 5.41) is 0. The molecule has 136 valence electrons. The van der Waals surface area contributed by atoms with E-state index < -0.39 is 9.28 Å². The van der Waals surface area contributed by atoms with E-state index in [0.717, 1.165) is 18.9 Å². The molecule has 5 heteroatoms. The molecule has 0 heterocycles. The molecule has 0 saturated heterocycles. The lowest BCUT2D eigenvalue weighted by molar-refractivity contribution is -0.139. The number of rotatable bonds is 16. The summed E-state index contributed by atoms with van der Waals surface area (Å²) < 4.78 is 15.7. The fraction of sp³-hybridized carbons (Fsp3) is 0.833. The Morgan fingerprint density at radius 1 is 0.826 bits per heavy atom. The average Bonchev–Trinajstić information content (AvgIpc) is 2.55. The molecule has 4 nitrogen and oxygen atoms in total. The van der Waals surface area contributed by atoms with Gasteiger partial charge in [0.1, 0.15) is 0 Å². The highest BCUT2D eigenvalue weighted by atomic mass is 28.3. The van der Waals surface area contributed by atoms with Crippen molar-refractivity contribution in [1.82, 2.24) is 0 Å². The summed E-state index contributed by atoms with van der Waals surface area (Å²) in [4.78, 5) is 11.2. The molecule has 0 unspecified atom stereocenters. The smallest absolute Gasteiger partial charge is 0.333 e. The van der Waals surface area contributed by atoms with Gasteiger partial charge in [-0.15, -0.1) is 0 Å². The van der Waals surface area contributed by atoms with Crippen LogP contribution in [0.15, 0.2) is 12.2 Å². The topological polar surface area (TPSA) is 44.8 Å². The Labute approximate surface area is 144 Å². The maximum Gasteiger partial charge on any atom is 0.333 e. The van der Waals surface area contributed by atoms with Crippen molar-refractivity contribution in [3.63, 3.8) is 0 Å². The van der Waals surface area contributed by atoms with Gasteiger partial charge in [-0.25, -0.2) is 4.79 Å². The molecule has 0 aliphatic carbocycles. The molecule has 0 spiro atoms. The van der Waals surface area contributed by atoms with Crippen molar-refractivity contribution in [3.8, 4) is 0 Å². The normalized spacial score (nSPS) is 11.0. The Kier molecular flexibility index (Phi) is 15.8. The minimum Gasteiger partial charge on any atom is -0.462 e.